The van der Waals surface area contributed by atoms with E-state index in [1.807, 2.05) is 12.1 Å². The first-order valence-corrected chi connectivity index (χ1v) is 8.27. The average Bonchev–Trinajstić information content (AvgIpc) is 2.51. The number of rotatable bonds is 9. The Hall–Kier alpha value is -1.06. The summed E-state index contributed by atoms with van der Waals surface area (Å²) in [6.07, 6.45) is 8.15. The molecule has 0 N–H and O–H groups in total. The van der Waals surface area contributed by atoms with Crippen LogP contribution in [-0.4, -0.2) is 26.1 Å². The molecule has 0 radical (unpaired) electrons. The first-order valence-electron chi connectivity index (χ1n) is 8.27. The van der Waals surface area contributed by atoms with Crippen molar-refractivity contribution in [3.8, 4) is 5.75 Å². The molecule has 1 aliphatic rings. The second-order valence-corrected chi connectivity index (χ2v) is 5.75. The van der Waals surface area contributed by atoms with Gasteiger partial charge in [0, 0.05) is 13.2 Å². The van der Waals surface area contributed by atoms with Crippen molar-refractivity contribution in [3.63, 3.8) is 0 Å². The summed E-state index contributed by atoms with van der Waals surface area (Å²) in [5, 5.41) is 0. The van der Waals surface area contributed by atoms with Crippen molar-refractivity contribution in [3.05, 3.63) is 29.8 Å². The van der Waals surface area contributed by atoms with Crippen molar-refractivity contribution in [2.24, 2.45) is 0 Å². The highest BCUT2D eigenvalue weighted by Gasteiger charge is 2.13. The van der Waals surface area contributed by atoms with Gasteiger partial charge in [-0.2, -0.15) is 0 Å². The van der Waals surface area contributed by atoms with Crippen LogP contribution in [-0.2, 0) is 9.47 Å². The largest absolute Gasteiger partial charge is 0.494 e. The maximum atomic E-state index is 5.74. The Kier molecular flexibility index (Phi) is 7.61. The van der Waals surface area contributed by atoms with Crippen LogP contribution in [0.15, 0.2) is 24.3 Å². The van der Waals surface area contributed by atoms with E-state index in [0.29, 0.717) is 0 Å². The topological polar surface area (TPSA) is 27.7 Å². The lowest BCUT2D eigenvalue weighted by Crippen LogP contribution is -2.22. The predicted octanol–water partition coefficient (Wildman–Crippen LogP) is 4.48. The van der Waals surface area contributed by atoms with Crippen molar-refractivity contribution in [2.45, 2.75) is 58.2 Å². The van der Waals surface area contributed by atoms with E-state index >= 15 is 0 Å². The van der Waals surface area contributed by atoms with Gasteiger partial charge in [0.1, 0.15) is 5.75 Å². The van der Waals surface area contributed by atoms with Crippen molar-refractivity contribution < 1.29 is 14.2 Å². The number of hydrogen-bond donors (Lipinski definition) is 0. The molecule has 0 saturated carbocycles. The zero-order chi connectivity index (χ0) is 14.8. The monoisotopic (exact) mass is 292 g/mol. The van der Waals surface area contributed by atoms with Crippen LogP contribution in [0.5, 0.6) is 5.75 Å². The second-order valence-electron chi connectivity index (χ2n) is 5.75. The maximum absolute atomic E-state index is 5.74. The number of hydrogen-bond acceptors (Lipinski definition) is 3. The molecular formula is C18H28O3. The average molecular weight is 292 g/mol. The van der Waals surface area contributed by atoms with Gasteiger partial charge >= 0.3 is 0 Å². The quantitative estimate of drug-likeness (QED) is 0.628. The van der Waals surface area contributed by atoms with E-state index in [0.717, 1.165) is 44.8 Å². The molecule has 1 fully saturated rings. The second kappa shape index (κ2) is 9.80. The van der Waals surface area contributed by atoms with E-state index in [9.17, 15) is 0 Å². The highest BCUT2D eigenvalue weighted by molar-refractivity contribution is 5.27. The van der Waals surface area contributed by atoms with E-state index in [4.69, 9.17) is 14.2 Å². The molecule has 1 heterocycles. The SMILES string of the molecule is Cc1cccc(OCCCCCCOC2CCCCO2)c1. The zero-order valence-electron chi connectivity index (χ0n) is 13.2. The fourth-order valence-corrected chi connectivity index (χ4v) is 2.51. The highest BCUT2D eigenvalue weighted by atomic mass is 16.7. The molecule has 118 valence electrons. The van der Waals surface area contributed by atoms with Crippen LogP contribution >= 0.6 is 0 Å². The molecule has 0 bridgehead atoms. The van der Waals surface area contributed by atoms with E-state index in [2.05, 4.69) is 19.1 Å². The van der Waals surface area contributed by atoms with Crippen LogP contribution in [0, 0.1) is 6.92 Å². The third-order valence-electron chi connectivity index (χ3n) is 3.74. The van der Waals surface area contributed by atoms with E-state index in [1.54, 1.807) is 0 Å². The van der Waals surface area contributed by atoms with E-state index in [-0.39, 0.29) is 6.29 Å². The van der Waals surface area contributed by atoms with Crippen LogP contribution in [0.1, 0.15) is 50.5 Å². The Balaban J connectivity index is 1.41. The summed E-state index contributed by atoms with van der Waals surface area (Å²) in [5.74, 6) is 0.979. The van der Waals surface area contributed by atoms with E-state index in [1.165, 1.54) is 31.2 Å². The number of benzene rings is 1. The lowest BCUT2D eigenvalue weighted by atomic mass is 10.2. The first-order chi connectivity index (χ1) is 10.3. The van der Waals surface area contributed by atoms with Gasteiger partial charge in [-0.25, -0.2) is 0 Å². The molecule has 1 unspecified atom stereocenters. The van der Waals surface area contributed by atoms with Crippen LogP contribution in [0.2, 0.25) is 0 Å². The lowest BCUT2D eigenvalue weighted by molar-refractivity contribution is -0.162. The summed E-state index contributed by atoms with van der Waals surface area (Å²) >= 11 is 0. The van der Waals surface area contributed by atoms with Crippen LogP contribution < -0.4 is 4.74 Å². The minimum Gasteiger partial charge on any atom is -0.494 e. The molecule has 0 aromatic heterocycles. The van der Waals surface area contributed by atoms with Crippen LogP contribution in [0.3, 0.4) is 0 Å². The minimum atomic E-state index is 0.0587. The van der Waals surface area contributed by atoms with Gasteiger partial charge in [-0.1, -0.05) is 18.6 Å². The molecule has 1 aromatic rings. The highest BCUT2D eigenvalue weighted by Crippen LogP contribution is 2.15. The molecule has 0 spiro atoms. The summed E-state index contributed by atoms with van der Waals surface area (Å²) in [5.41, 5.74) is 1.24. The van der Waals surface area contributed by atoms with E-state index < -0.39 is 0 Å². The van der Waals surface area contributed by atoms with Gasteiger partial charge in [-0.05, 0) is 63.1 Å². The molecule has 3 nitrogen and oxygen atoms in total. The number of ether oxygens (including phenoxy) is 3. The normalized spacial score (nSPS) is 18.6. The van der Waals surface area contributed by atoms with Crippen molar-refractivity contribution >= 4 is 0 Å². The Labute approximate surface area is 128 Å². The van der Waals surface area contributed by atoms with Crippen LogP contribution in [0.4, 0.5) is 0 Å². The van der Waals surface area contributed by atoms with Crippen molar-refractivity contribution in [2.75, 3.05) is 19.8 Å². The smallest absolute Gasteiger partial charge is 0.157 e. The number of unbranched alkanes of at least 4 members (excludes halogenated alkanes) is 3. The van der Waals surface area contributed by atoms with Crippen molar-refractivity contribution in [1.29, 1.82) is 0 Å². The molecule has 1 aromatic carbocycles. The summed E-state index contributed by atoms with van der Waals surface area (Å²) in [4.78, 5) is 0. The first kappa shape index (κ1) is 16.3. The van der Waals surface area contributed by atoms with Gasteiger partial charge in [0.05, 0.1) is 6.61 Å². The van der Waals surface area contributed by atoms with Crippen LogP contribution in [0.25, 0.3) is 0 Å². The molecule has 1 atom stereocenters. The van der Waals surface area contributed by atoms with Gasteiger partial charge in [-0.15, -0.1) is 0 Å². The van der Waals surface area contributed by atoms with Gasteiger partial charge in [0.25, 0.3) is 0 Å². The molecule has 2 rings (SSSR count). The molecule has 0 amide bonds. The molecule has 1 saturated heterocycles. The van der Waals surface area contributed by atoms with Crippen molar-refractivity contribution in [1.82, 2.24) is 0 Å². The molecule has 21 heavy (non-hydrogen) atoms. The molecular weight excluding hydrogens is 264 g/mol. The number of aryl methyl sites for hydroxylation is 1. The summed E-state index contributed by atoms with van der Waals surface area (Å²) in [6, 6.07) is 8.22. The molecule has 3 heteroatoms. The molecule has 1 aliphatic heterocycles. The summed E-state index contributed by atoms with van der Waals surface area (Å²) in [6.45, 7) is 4.57. The predicted molar refractivity (Wildman–Crippen MR) is 84.7 cm³/mol. The fourth-order valence-electron chi connectivity index (χ4n) is 2.51. The third kappa shape index (κ3) is 6.96. The maximum Gasteiger partial charge on any atom is 0.157 e. The summed E-state index contributed by atoms with van der Waals surface area (Å²) in [7, 11) is 0. The minimum absolute atomic E-state index is 0.0587. The Morgan fingerprint density at radius 3 is 2.71 bits per heavy atom. The summed E-state index contributed by atoms with van der Waals surface area (Å²) < 4.78 is 17.0. The van der Waals surface area contributed by atoms with Gasteiger partial charge in [0.15, 0.2) is 6.29 Å². The Morgan fingerprint density at radius 2 is 1.95 bits per heavy atom. The third-order valence-corrected chi connectivity index (χ3v) is 3.74. The Bertz CT molecular complexity index is 386. The fraction of sp³-hybridized carbons (Fsp3) is 0.667. The molecule has 0 aliphatic carbocycles. The zero-order valence-corrected chi connectivity index (χ0v) is 13.2. The Morgan fingerprint density at radius 1 is 1.10 bits per heavy atom. The van der Waals surface area contributed by atoms with Gasteiger partial charge < -0.3 is 14.2 Å². The lowest BCUT2D eigenvalue weighted by Gasteiger charge is -2.22. The van der Waals surface area contributed by atoms with Gasteiger partial charge in [-0.3, -0.25) is 0 Å². The standard InChI is InChI=1S/C18H28O3/c1-16-9-8-10-17(15-16)19-12-5-2-3-6-13-20-18-11-4-7-14-21-18/h8-10,15,18H,2-7,11-14H2,1H3. The van der Waals surface area contributed by atoms with Gasteiger partial charge in [0.2, 0.25) is 0 Å².